The molecular weight excluding hydrogens is 713 g/mol. The van der Waals surface area contributed by atoms with Crippen molar-refractivity contribution >= 4 is 71.3 Å². The molecule has 0 saturated carbocycles. The highest BCUT2D eigenvalue weighted by Crippen LogP contribution is 2.41. The van der Waals surface area contributed by atoms with E-state index in [1.807, 2.05) is 0 Å². The minimum absolute atomic E-state index is 0.854. The van der Waals surface area contributed by atoms with Gasteiger partial charge in [0.2, 0.25) is 0 Å². The van der Waals surface area contributed by atoms with E-state index >= 15 is 0 Å². The van der Waals surface area contributed by atoms with E-state index in [9.17, 15) is 0 Å². The van der Waals surface area contributed by atoms with Crippen molar-refractivity contribution in [2.24, 2.45) is 0 Å². The van der Waals surface area contributed by atoms with Crippen LogP contribution in [0.1, 0.15) is 0 Å². The van der Waals surface area contributed by atoms with Gasteiger partial charge in [0, 0.05) is 39.5 Å². The van der Waals surface area contributed by atoms with Crippen LogP contribution in [-0.4, -0.2) is 4.98 Å². The van der Waals surface area contributed by atoms with Gasteiger partial charge in [-0.05, 0) is 105 Å². The third kappa shape index (κ3) is 6.13. The third-order valence-corrected chi connectivity index (χ3v) is 12.0. The maximum Gasteiger partial charge on any atom is 0.137 e. The Bertz CT molecular complexity index is 3120. The molecule has 0 aliphatic heterocycles. The summed E-state index contributed by atoms with van der Waals surface area (Å²) >= 11 is 1.73. The van der Waals surface area contributed by atoms with Crippen LogP contribution in [0, 0.1) is 0 Å². The molecule has 0 aliphatic carbocycles. The number of hydrogen-bond acceptors (Lipinski definition) is 4. The predicted octanol–water partition coefficient (Wildman–Crippen LogP) is 15.5. The fourth-order valence-electron chi connectivity index (χ4n) is 7.94. The second-order valence-corrected chi connectivity index (χ2v) is 15.4. The molecule has 11 rings (SSSR count). The fourth-order valence-corrected chi connectivity index (χ4v) is 8.92. The van der Waals surface area contributed by atoms with Crippen molar-refractivity contribution in [1.29, 1.82) is 0 Å². The summed E-state index contributed by atoms with van der Waals surface area (Å²) in [4.78, 5) is 7.36. The van der Waals surface area contributed by atoms with Gasteiger partial charge in [0.05, 0.1) is 10.2 Å². The summed E-state index contributed by atoms with van der Waals surface area (Å²) in [5.41, 5.74) is 14.2. The quantitative estimate of drug-likeness (QED) is 0.163. The van der Waals surface area contributed by atoms with Crippen LogP contribution in [-0.2, 0) is 0 Å². The zero-order valence-electron chi connectivity index (χ0n) is 30.8. The third-order valence-electron chi connectivity index (χ3n) is 10.9. The molecule has 0 radical (unpaired) electrons. The number of aromatic nitrogens is 1. The highest BCUT2D eigenvalue weighted by molar-refractivity contribution is 7.21. The van der Waals surface area contributed by atoms with Crippen molar-refractivity contribution in [2.75, 3.05) is 4.90 Å². The van der Waals surface area contributed by atoms with E-state index in [-0.39, 0.29) is 0 Å². The van der Waals surface area contributed by atoms with Crippen molar-refractivity contribution < 1.29 is 4.42 Å². The van der Waals surface area contributed by atoms with E-state index in [1.54, 1.807) is 11.3 Å². The SMILES string of the molecule is c1ccc(-c2ccc(N(c3ccc(-c4ccccc4)cc3)c3ccc(-c4ccc5oc6cc7nc(-c8ccc9ccccc9c8)sc7cc6c5c4)cc3)cc2)cc1. The smallest absolute Gasteiger partial charge is 0.137 e. The number of hydrogen-bond donors (Lipinski definition) is 0. The second-order valence-electron chi connectivity index (χ2n) is 14.4. The summed E-state index contributed by atoms with van der Waals surface area (Å²) in [6.07, 6.45) is 0. The van der Waals surface area contributed by atoms with Crippen molar-refractivity contribution in [1.82, 2.24) is 4.98 Å². The summed E-state index contributed by atoms with van der Waals surface area (Å²) in [5.74, 6) is 0. The van der Waals surface area contributed by atoms with E-state index in [0.717, 1.165) is 70.9 Å². The van der Waals surface area contributed by atoms with Gasteiger partial charge in [-0.2, -0.15) is 0 Å². The van der Waals surface area contributed by atoms with Gasteiger partial charge in [-0.25, -0.2) is 4.98 Å². The van der Waals surface area contributed by atoms with Crippen LogP contribution < -0.4 is 4.90 Å². The van der Waals surface area contributed by atoms with Gasteiger partial charge in [-0.1, -0.05) is 140 Å². The first-order valence-electron chi connectivity index (χ1n) is 19.2. The van der Waals surface area contributed by atoms with Gasteiger partial charge >= 0.3 is 0 Å². The Morgan fingerprint density at radius 2 is 0.860 bits per heavy atom. The first kappa shape index (κ1) is 33.1. The van der Waals surface area contributed by atoms with Crippen LogP contribution in [0.15, 0.2) is 211 Å². The lowest BCUT2D eigenvalue weighted by Crippen LogP contribution is -2.09. The van der Waals surface area contributed by atoms with Gasteiger partial charge in [-0.3, -0.25) is 0 Å². The highest BCUT2D eigenvalue weighted by Gasteiger charge is 2.16. The lowest BCUT2D eigenvalue weighted by atomic mass is 10.0. The Kier molecular flexibility index (Phi) is 8.01. The molecule has 0 bridgehead atoms. The molecule has 0 spiro atoms. The molecular formula is C53H34N2OS. The van der Waals surface area contributed by atoms with Crippen molar-refractivity contribution in [3.8, 4) is 44.0 Å². The predicted molar refractivity (Wildman–Crippen MR) is 241 cm³/mol. The van der Waals surface area contributed by atoms with Crippen LogP contribution in [0.3, 0.4) is 0 Å². The Hall–Kier alpha value is -7.27. The second kappa shape index (κ2) is 13.8. The van der Waals surface area contributed by atoms with Gasteiger partial charge in [0.1, 0.15) is 16.2 Å². The largest absolute Gasteiger partial charge is 0.456 e. The lowest BCUT2D eigenvalue weighted by molar-refractivity contribution is 0.669. The van der Waals surface area contributed by atoms with Crippen molar-refractivity contribution in [2.45, 2.75) is 0 Å². The standard InChI is InChI=1S/C53H34N2OS/c1-3-9-35(10-4-1)38-17-24-44(25-18-38)55(45-26-19-39(20-27-45)36-11-5-2-6-12-36)46-28-21-40(22-29-46)42-23-30-50-47(32-42)48-33-52-49(34-51(48)56-50)54-53(57-52)43-16-15-37-13-7-8-14-41(37)31-43/h1-34H. The van der Waals surface area contributed by atoms with E-state index < -0.39 is 0 Å². The molecule has 0 unspecified atom stereocenters. The molecule has 0 aliphatic rings. The van der Waals surface area contributed by atoms with Crippen LogP contribution >= 0.6 is 11.3 Å². The van der Waals surface area contributed by atoms with E-state index in [2.05, 4.69) is 211 Å². The van der Waals surface area contributed by atoms with Crippen LogP contribution in [0.2, 0.25) is 0 Å². The molecule has 57 heavy (non-hydrogen) atoms. The number of fused-ring (bicyclic) bond motifs is 5. The van der Waals surface area contributed by atoms with Crippen LogP contribution in [0.4, 0.5) is 17.1 Å². The first-order valence-corrected chi connectivity index (χ1v) is 20.0. The molecule has 2 aromatic heterocycles. The van der Waals surface area contributed by atoms with E-state index in [1.165, 1.54) is 33.0 Å². The average Bonchev–Trinajstić information content (AvgIpc) is 3.87. The van der Waals surface area contributed by atoms with Crippen LogP contribution in [0.25, 0.3) is 86.9 Å². The summed E-state index contributed by atoms with van der Waals surface area (Å²) in [6, 6.07) is 73.5. The molecule has 0 fully saturated rings. The fraction of sp³-hybridized carbons (Fsp3) is 0. The molecule has 9 aromatic carbocycles. The number of nitrogens with zero attached hydrogens (tertiary/aromatic N) is 2. The molecule has 0 N–H and O–H groups in total. The zero-order valence-corrected chi connectivity index (χ0v) is 31.7. The van der Waals surface area contributed by atoms with Gasteiger partial charge in [0.25, 0.3) is 0 Å². The van der Waals surface area contributed by atoms with Gasteiger partial charge in [-0.15, -0.1) is 11.3 Å². The number of furan rings is 1. The van der Waals surface area contributed by atoms with Gasteiger partial charge < -0.3 is 9.32 Å². The lowest BCUT2D eigenvalue weighted by Gasteiger charge is -2.26. The summed E-state index contributed by atoms with van der Waals surface area (Å²) < 4.78 is 7.55. The zero-order chi connectivity index (χ0) is 37.7. The summed E-state index contributed by atoms with van der Waals surface area (Å²) in [6.45, 7) is 0. The topological polar surface area (TPSA) is 29.3 Å². The maximum atomic E-state index is 6.40. The minimum atomic E-state index is 0.854. The van der Waals surface area contributed by atoms with Gasteiger partial charge in [0.15, 0.2) is 0 Å². The Morgan fingerprint density at radius 3 is 1.47 bits per heavy atom. The Labute approximate surface area is 334 Å². The highest BCUT2D eigenvalue weighted by atomic mass is 32.1. The molecule has 0 saturated heterocycles. The number of thiazole rings is 1. The monoisotopic (exact) mass is 746 g/mol. The molecule has 268 valence electrons. The maximum absolute atomic E-state index is 6.40. The van der Waals surface area contributed by atoms with E-state index in [4.69, 9.17) is 9.40 Å². The molecule has 4 heteroatoms. The Morgan fingerprint density at radius 1 is 0.368 bits per heavy atom. The van der Waals surface area contributed by atoms with Crippen LogP contribution in [0.5, 0.6) is 0 Å². The molecule has 0 amide bonds. The normalized spacial score (nSPS) is 11.5. The average molecular weight is 747 g/mol. The van der Waals surface area contributed by atoms with E-state index in [0.29, 0.717) is 0 Å². The molecule has 2 heterocycles. The van der Waals surface area contributed by atoms with Crippen molar-refractivity contribution in [3.63, 3.8) is 0 Å². The number of rotatable bonds is 7. The summed E-state index contributed by atoms with van der Waals surface area (Å²) in [7, 11) is 0. The minimum Gasteiger partial charge on any atom is -0.456 e. The number of anilines is 3. The molecule has 0 atom stereocenters. The summed E-state index contributed by atoms with van der Waals surface area (Å²) in [5, 5.41) is 5.68. The number of benzene rings is 9. The Balaban J connectivity index is 0.937. The molecule has 11 aromatic rings. The first-order chi connectivity index (χ1) is 28.2. The molecule has 3 nitrogen and oxygen atoms in total. The van der Waals surface area contributed by atoms with Crippen molar-refractivity contribution in [3.05, 3.63) is 206 Å².